The van der Waals surface area contributed by atoms with Crippen LogP contribution in [0, 0.1) is 17.8 Å². The van der Waals surface area contributed by atoms with Crippen LogP contribution in [0.15, 0.2) is 22.8 Å². The highest BCUT2D eigenvalue weighted by Gasteiger charge is 2.24. The van der Waals surface area contributed by atoms with Crippen molar-refractivity contribution in [2.75, 3.05) is 13.1 Å². The lowest BCUT2D eigenvalue weighted by Crippen LogP contribution is -2.31. The fraction of sp³-hybridized carbons (Fsp3) is 0.722. The van der Waals surface area contributed by atoms with E-state index in [1.54, 1.807) is 0 Å². The molecule has 1 fully saturated rings. The van der Waals surface area contributed by atoms with Crippen molar-refractivity contribution in [3.63, 3.8) is 0 Å². The van der Waals surface area contributed by atoms with E-state index in [-0.39, 0.29) is 0 Å². The fourth-order valence-corrected chi connectivity index (χ4v) is 3.59. The molecular weight excluding hydrogens is 324 g/mol. The van der Waals surface area contributed by atoms with Crippen LogP contribution in [0.4, 0.5) is 0 Å². The van der Waals surface area contributed by atoms with Gasteiger partial charge in [-0.3, -0.25) is 4.98 Å². The highest BCUT2D eigenvalue weighted by molar-refractivity contribution is 9.10. The second kappa shape index (κ2) is 8.89. The van der Waals surface area contributed by atoms with Crippen LogP contribution < -0.4 is 5.32 Å². The van der Waals surface area contributed by atoms with Crippen LogP contribution in [0.3, 0.4) is 0 Å². The van der Waals surface area contributed by atoms with E-state index < -0.39 is 0 Å². The van der Waals surface area contributed by atoms with Crippen molar-refractivity contribution < 1.29 is 0 Å². The Morgan fingerprint density at radius 3 is 2.62 bits per heavy atom. The average molecular weight is 353 g/mol. The maximum atomic E-state index is 4.58. The molecule has 2 rings (SSSR count). The number of nitrogens with zero attached hydrogens (tertiary/aromatic N) is 1. The quantitative estimate of drug-likeness (QED) is 0.741. The molecule has 118 valence electrons. The number of pyridine rings is 1. The Balaban J connectivity index is 1.93. The van der Waals surface area contributed by atoms with Gasteiger partial charge in [-0.25, -0.2) is 0 Å². The van der Waals surface area contributed by atoms with E-state index in [1.165, 1.54) is 44.3 Å². The summed E-state index contributed by atoms with van der Waals surface area (Å²) < 4.78 is 1.07. The highest BCUT2D eigenvalue weighted by atomic mass is 79.9. The molecule has 0 aliphatic heterocycles. The standard InChI is InChI=1S/C18H29BrN2/c1-14(2)11-20-12-16-7-5-3-4-6-15(16)10-18-9-8-17(19)13-21-18/h8-9,13-16,20H,3-7,10-12H2,1-2H3. The van der Waals surface area contributed by atoms with Crippen LogP contribution in [-0.2, 0) is 6.42 Å². The van der Waals surface area contributed by atoms with E-state index in [1.807, 2.05) is 6.20 Å². The van der Waals surface area contributed by atoms with Crippen LogP contribution in [0.25, 0.3) is 0 Å². The first kappa shape index (κ1) is 17.0. The summed E-state index contributed by atoms with van der Waals surface area (Å²) >= 11 is 3.47. The van der Waals surface area contributed by atoms with Gasteiger partial charge in [0.2, 0.25) is 0 Å². The van der Waals surface area contributed by atoms with Gasteiger partial charge in [0, 0.05) is 16.4 Å². The molecule has 0 amide bonds. The second-order valence-electron chi connectivity index (χ2n) is 6.88. The largest absolute Gasteiger partial charge is 0.316 e. The molecule has 1 aromatic heterocycles. The van der Waals surface area contributed by atoms with Gasteiger partial charge in [-0.05, 0) is 78.2 Å². The average Bonchev–Trinajstić information content (AvgIpc) is 2.67. The molecule has 1 aliphatic rings. The van der Waals surface area contributed by atoms with Gasteiger partial charge in [-0.1, -0.05) is 33.1 Å². The van der Waals surface area contributed by atoms with Crippen molar-refractivity contribution in [3.05, 3.63) is 28.5 Å². The lowest BCUT2D eigenvalue weighted by atomic mass is 9.84. The normalized spacial score (nSPS) is 23.2. The molecule has 1 saturated carbocycles. The highest BCUT2D eigenvalue weighted by Crippen LogP contribution is 2.31. The Hall–Kier alpha value is -0.410. The molecule has 0 radical (unpaired) electrons. The zero-order valence-electron chi connectivity index (χ0n) is 13.4. The minimum atomic E-state index is 0.738. The first-order valence-electron chi connectivity index (χ1n) is 8.46. The van der Waals surface area contributed by atoms with E-state index in [4.69, 9.17) is 0 Å². The molecule has 0 spiro atoms. The number of halogens is 1. The number of hydrogen-bond donors (Lipinski definition) is 1. The predicted octanol–water partition coefficient (Wildman–Crippen LogP) is 4.83. The Morgan fingerprint density at radius 1 is 1.19 bits per heavy atom. The number of rotatable bonds is 6. The summed E-state index contributed by atoms with van der Waals surface area (Å²) in [7, 11) is 0. The summed E-state index contributed by atoms with van der Waals surface area (Å²) in [5, 5.41) is 3.68. The zero-order valence-corrected chi connectivity index (χ0v) is 15.0. The number of hydrogen-bond acceptors (Lipinski definition) is 2. The lowest BCUT2D eigenvalue weighted by Gasteiger charge is -2.26. The van der Waals surface area contributed by atoms with Gasteiger partial charge in [-0.15, -0.1) is 0 Å². The van der Waals surface area contributed by atoms with Crippen molar-refractivity contribution in [2.45, 2.75) is 52.4 Å². The minimum absolute atomic E-state index is 0.738. The molecule has 0 saturated heterocycles. The number of aromatic nitrogens is 1. The molecule has 0 aromatic carbocycles. The summed E-state index contributed by atoms with van der Waals surface area (Å²) in [6.45, 7) is 6.88. The predicted molar refractivity (Wildman–Crippen MR) is 93.4 cm³/mol. The maximum absolute atomic E-state index is 4.58. The van der Waals surface area contributed by atoms with Gasteiger partial charge in [0.15, 0.2) is 0 Å². The van der Waals surface area contributed by atoms with Crippen LogP contribution in [0.1, 0.15) is 51.6 Å². The van der Waals surface area contributed by atoms with Gasteiger partial charge < -0.3 is 5.32 Å². The van der Waals surface area contributed by atoms with E-state index in [0.717, 1.165) is 35.2 Å². The summed E-state index contributed by atoms with van der Waals surface area (Å²) in [5.41, 5.74) is 1.25. The first-order chi connectivity index (χ1) is 10.1. The van der Waals surface area contributed by atoms with Crippen LogP contribution in [0.5, 0.6) is 0 Å². The molecule has 21 heavy (non-hydrogen) atoms. The molecule has 2 nitrogen and oxygen atoms in total. The number of nitrogens with one attached hydrogen (secondary N) is 1. The molecule has 1 aromatic rings. The summed E-state index contributed by atoms with van der Waals surface area (Å²) in [6, 6.07) is 4.29. The molecule has 2 unspecified atom stereocenters. The summed E-state index contributed by atoms with van der Waals surface area (Å²) in [6.07, 6.45) is 10.0. The molecule has 2 atom stereocenters. The van der Waals surface area contributed by atoms with Gasteiger partial charge in [0.1, 0.15) is 0 Å². The monoisotopic (exact) mass is 352 g/mol. The Morgan fingerprint density at radius 2 is 1.95 bits per heavy atom. The third-order valence-electron chi connectivity index (χ3n) is 4.54. The smallest absolute Gasteiger partial charge is 0.0413 e. The van der Waals surface area contributed by atoms with Gasteiger partial charge in [0.25, 0.3) is 0 Å². The van der Waals surface area contributed by atoms with Crippen molar-refractivity contribution in [2.24, 2.45) is 17.8 Å². The first-order valence-corrected chi connectivity index (χ1v) is 9.25. The molecule has 3 heteroatoms. The van der Waals surface area contributed by atoms with Gasteiger partial charge in [0.05, 0.1) is 0 Å². The molecule has 1 N–H and O–H groups in total. The van der Waals surface area contributed by atoms with E-state index in [0.29, 0.717) is 0 Å². The van der Waals surface area contributed by atoms with Crippen molar-refractivity contribution in [3.8, 4) is 0 Å². The van der Waals surface area contributed by atoms with Crippen molar-refractivity contribution >= 4 is 15.9 Å². The van der Waals surface area contributed by atoms with Crippen molar-refractivity contribution in [1.29, 1.82) is 0 Å². The third-order valence-corrected chi connectivity index (χ3v) is 5.00. The van der Waals surface area contributed by atoms with Crippen LogP contribution >= 0.6 is 15.9 Å². The molecule has 1 aliphatic carbocycles. The third kappa shape index (κ3) is 6.07. The Kier molecular flexibility index (Phi) is 7.18. The van der Waals surface area contributed by atoms with E-state index >= 15 is 0 Å². The zero-order chi connectivity index (χ0) is 15.1. The summed E-state index contributed by atoms with van der Waals surface area (Å²) in [5.74, 6) is 2.35. The van der Waals surface area contributed by atoms with Gasteiger partial charge >= 0.3 is 0 Å². The summed E-state index contributed by atoms with van der Waals surface area (Å²) in [4.78, 5) is 4.58. The SMILES string of the molecule is CC(C)CNCC1CCCCCC1Cc1ccc(Br)cn1. The Bertz CT molecular complexity index is 402. The Labute approximate surface area is 138 Å². The molecule has 1 heterocycles. The lowest BCUT2D eigenvalue weighted by molar-refractivity contribution is 0.292. The van der Waals surface area contributed by atoms with Crippen LogP contribution in [-0.4, -0.2) is 18.1 Å². The topological polar surface area (TPSA) is 24.9 Å². The minimum Gasteiger partial charge on any atom is -0.316 e. The molecular formula is C18H29BrN2. The second-order valence-corrected chi connectivity index (χ2v) is 7.80. The van der Waals surface area contributed by atoms with E-state index in [2.05, 4.69) is 52.2 Å². The maximum Gasteiger partial charge on any atom is 0.0413 e. The van der Waals surface area contributed by atoms with Crippen LogP contribution in [0.2, 0.25) is 0 Å². The van der Waals surface area contributed by atoms with Crippen molar-refractivity contribution in [1.82, 2.24) is 10.3 Å². The van der Waals surface area contributed by atoms with Gasteiger partial charge in [-0.2, -0.15) is 0 Å². The fourth-order valence-electron chi connectivity index (χ4n) is 3.35. The molecule has 0 bridgehead atoms. The van der Waals surface area contributed by atoms with E-state index in [9.17, 15) is 0 Å².